The second-order valence-electron chi connectivity index (χ2n) is 6.12. The molecule has 0 aliphatic heterocycles. The largest absolute Gasteiger partial charge is 0.496 e. The Bertz CT molecular complexity index is 786. The Kier molecular flexibility index (Phi) is 8.00. The summed E-state index contributed by atoms with van der Waals surface area (Å²) in [6.07, 6.45) is 1.49. The van der Waals surface area contributed by atoms with Gasteiger partial charge in [-0.2, -0.15) is 0 Å². The molecular weight excluding hydrogens is 368 g/mol. The van der Waals surface area contributed by atoms with Gasteiger partial charge in [0, 0.05) is 22.6 Å². The zero-order valence-corrected chi connectivity index (χ0v) is 15.8. The molecule has 5 nitrogen and oxygen atoms in total. The number of rotatable bonds is 9. The van der Waals surface area contributed by atoms with Gasteiger partial charge in [0.15, 0.2) is 5.78 Å². The number of hydrogen-bond donors (Lipinski definition) is 3. The van der Waals surface area contributed by atoms with Crippen LogP contribution < -0.4 is 4.74 Å². The van der Waals surface area contributed by atoms with Crippen LogP contribution in [0.1, 0.15) is 34.3 Å². The van der Waals surface area contributed by atoms with Crippen molar-refractivity contribution in [3.8, 4) is 5.75 Å². The van der Waals surface area contributed by atoms with Gasteiger partial charge in [-0.25, -0.2) is 0 Å². The molecule has 0 fully saturated rings. The second-order valence-corrected chi connectivity index (χ2v) is 6.56. The number of carbonyl (C=O) groups is 1. The molecule has 0 amide bonds. The number of methoxy groups -OCH3 is 1. The lowest BCUT2D eigenvalue weighted by Gasteiger charge is -2.15. The molecule has 0 aliphatic rings. The van der Waals surface area contributed by atoms with Crippen molar-refractivity contribution in [2.75, 3.05) is 13.7 Å². The van der Waals surface area contributed by atoms with E-state index >= 15 is 0 Å². The van der Waals surface area contributed by atoms with Crippen LogP contribution in [-0.2, 0) is 0 Å². The van der Waals surface area contributed by atoms with Crippen LogP contribution in [0, 0.1) is 0 Å². The fourth-order valence-electron chi connectivity index (χ4n) is 2.54. The number of carbonyl (C=O) groups excluding carboxylic acids is 1. The molecule has 0 saturated carbocycles. The fourth-order valence-corrected chi connectivity index (χ4v) is 2.66. The maximum atomic E-state index is 12.4. The molecule has 2 rings (SSSR count). The Hall–Kier alpha value is -2.18. The number of halogens is 1. The highest BCUT2D eigenvalue weighted by molar-refractivity contribution is 6.30. The average molecular weight is 391 g/mol. The lowest BCUT2D eigenvalue weighted by molar-refractivity contribution is -0.0176. The van der Waals surface area contributed by atoms with Crippen LogP contribution in [0.3, 0.4) is 0 Å². The summed E-state index contributed by atoms with van der Waals surface area (Å²) in [7, 11) is 1.56. The van der Waals surface area contributed by atoms with Crippen molar-refractivity contribution in [3.63, 3.8) is 0 Å². The van der Waals surface area contributed by atoms with Crippen LogP contribution in [0.2, 0.25) is 5.02 Å². The zero-order chi connectivity index (χ0) is 19.8. The highest BCUT2D eigenvalue weighted by Gasteiger charge is 2.17. The van der Waals surface area contributed by atoms with Crippen molar-refractivity contribution in [1.82, 2.24) is 0 Å². The van der Waals surface area contributed by atoms with Gasteiger partial charge in [0.05, 0.1) is 19.8 Å². The highest BCUT2D eigenvalue weighted by Crippen LogP contribution is 2.24. The number of Topliss-reactive ketones (excluding diaryl/α,β-unsaturated/α-hetero) is 1. The smallest absolute Gasteiger partial charge is 0.162 e. The van der Waals surface area contributed by atoms with Gasteiger partial charge in [0.1, 0.15) is 11.9 Å². The van der Waals surface area contributed by atoms with Crippen molar-refractivity contribution >= 4 is 29.5 Å². The molecular formula is C21H23ClO5. The third-order valence-electron chi connectivity index (χ3n) is 4.18. The molecule has 0 heterocycles. The maximum Gasteiger partial charge on any atom is 0.162 e. The minimum atomic E-state index is -1.24. The lowest BCUT2D eigenvalue weighted by atomic mass is 10.00. The zero-order valence-electron chi connectivity index (χ0n) is 15.0. The van der Waals surface area contributed by atoms with E-state index in [0.29, 0.717) is 16.3 Å². The molecule has 0 saturated heterocycles. The van der Waals surface area contributed by atoms with Gasteiger partial charge in [-0.1, -0.05) is 35.9 Å². The van der Waals surface area contributed by atoms with Gasteiger partial charge in [-0.15, -0.1) is 0 Å². The molecule has 27 heavy (non-hydrogen) atoms. The SMILES string of the molecule is COc1ccc(C(=O)CC[C@H](O)[C@@H](O)CO)cc1/C=C/c1ccc(Cl)cc1. The molecule has 2 aromatic rings. The third-order valence-corrected chi connectivity index (χ3v) is 4.43. The van der Waals surface area contributed by atoms with E-state index in [1.807, 2.05) is 24.3 Å². The highest BCUT2D eigenvalue weighted by atomic mass is 35.5. The van der Waals surface area contributed by atoms with Gasteiger partial charge in [-0.3, -0.25) is 4.79 Å². The molecule has 0 aromatic heterocycles. The van der Waals surface area contributed by atoms with Gasteiger partial charge in [-0.05, 0) is 42.3 Å². The van der Waals surface area contributed by atoms with Crippen LogP contribution >= 0.6 is 11.6 Å². The van der Waals surface area contributed by atoms with E-state index in [4.69, 9.17) is 21.4 Å². The van der Waals surface area contributed by atoms with E-state index in [0.717, 1.165) is 11.1 Å². The van der Waals surface area contributed by atoms with Crippen molar-refractivity contribution in [1.29, 1.82) is 0 Å². The third kappa shape index (κ3) is 6.19. The normalized spacial score (nSPS) is 13.5. The van der Waals surface area contributed by atoms with E-state index in [1.54, 1.807) is 37.4 Å². The van der Waals surface area contributed by atoms with Crippen LogP contribution in [-0.4, -0.2) is 47.0 Å². The van der Waals surface area contributed by atoms with Crippen LogP contribution in [0.5, 0.6) is 5.75 Å². The predicted octanol–water partition coefficient (Wildman–Crippen LogP) is 3.20. The van der Waals surface area contributed by atoms with Crippen molar-refractivity contribution < 1.29 is 24.9 Å². The summed E-state index contributed by atoms with van der Waals surface area (Å²) in [4.78, 5) is 12.4. The molecule has 0 spiro atoms. The lowest BCUT2D eigenvalue weighted by Crippen LogP contribution is -2.29. The van der Waals surface area contributed by atoms with E-state index in [1.165, 1.54) is 0 Å². The molecule has 2 aromatic carbocycles. The Morgan fingerprint density at radius 3 is 2.44 bits per heavy atom. The summed E-state index contributed by atoms with van der Waals surface area (Å²) in [5, 5.41) is 28.5. The Balaban J connectivity index is 2.14. The number of hydrogen-bond acceptors (Lipinski definition) is 5. The van der Waals surface area contributed by atoms with E-state index in [9.17, 15) is 15.0 Å². The van der Waals surface area contributed by atoms with Crippen molar-refractivity contribution in [2.24, 2.45) is 0 Å². The van der Waals surface area contributed by atoms with Crippen molar-refractivity contribution in [3.05, 3.63) is 64.2 Å². The van der Waals surface area contributed by atoms with Gasteiger partial charge < -0.3 is 20.1 Å². The Morgan fingerprint density at radius 1 is 1.11 bits per heavy atom. The van der Waals surface area contributed by atoms with E-state index < -0.39 is 18.8 Å². The molecule has 3 N–H and O–H groups in total. The van der Waals surface area contributed by atoms with E-state index in [2.05, 4.69) is 0 Å². The first kappa shape index (κ1) is 21.1. The fraction of sp³-hybridized carbons (Fsp3) is 0.286. The summed E-state index contributed by atoms with van der Waals surface area (Å²) in [5.41, 5.74) is 2.19. The molecule has 6 heteroatoms. The number of ketones is 1. The Morgan fingerprint density at radius 2 is 1.81 bits per heavy atom. The molecule has 0 aliphatic carbocycles. The summed E-state index contributed by atoms with van der Waals surface area (Å²) in [5.74, 6) is 0.468. The Labute approximate surface area is 163 Å². The van der Waals surface area contributed by atoms with Crippen LogP contribution in [0.4, 0.5) is 0 Å². The first-order chi connectivity index (χ1) is 12.9. The molecule has 0 radical (unpaired) electrons. The van der Waals surface area contributed by atoms with E-state index in [-0.39, 0.29) is 18.6 Å². The minimum Gasteiger partial charge on any atom is -0.496 e. The van der Waals surface area contributed by atoms with Gasteiger partial charge in [0.25, 0.3) is 0 Å². The maximum absolute atomic E-state index is 12.4. The first-order valence-corrected chi connectivity index (χ1v) is 8.94. The molecule has 2 atom stereocenters. The van der Waals surface area contributed by atoms with Gasteiger partial charge >= 0.3 is 0 Å². The summed E-state index contributed by atoms with van der Waals surface area (Å²) >= 11 is 5.88. The number of ether oxygens (including phenoxy) is 1. The second kappa shape index (κ2) is 10.2. The number of aliphatic hydroxyl groups is 3. The summed E-state index contributed by atoms with van der Waals surface area (Å²) in [6.45, 7) is -0.544. The summed E-state index contributed by atoms with van der Waals surface area (Å²) < 4.78 is 5.35. The molecule has 0 bridgehead atoms. The quantitative estimate of drug-likeness (QED) is 0.452. The summed E-state index contributed by atoms with van der Waals surface area (Å²) in [6, 6.07) is 12.5. The predicted molar refractivity (Wildman–Crippen MR) is 106 cm³/mol. The van der Waals surface area contributed by atoms with Crippen LogP contribution in [0.15, 0.2) is 42.5 Å². The number of aliphatic hydroxyl groups excluding tert-OH is 3. The van der Waals surface area contributed by atoms with Crippen molar-refractivity contribution in [2.45, 2.75) is 25.0 Å². The monoisotopic (exact) mass is 390 g/mol. The molecule has 144 valence electrons. The average Bonchev–Trinajstić information content (AvgIpc) is 2.70. The standard InChI is InChI=1S/C21H23ClO5/c1-27-21-11-6-15(18(24)9-10-19(25)20(26)13-23)12-16(21)5-2-14-3-7-17(22)8-4-14/h2-8,11-12,19-20,23,25-26H,9-10,13H2,1H3/b5-2+/t19-,20-/m0/s1. The van der Waals surface area contributed by atoms with Gasteiger partial charge in [0.2, 0.25) is 0 Å². The molecule has 0 unspecified atom stereocenters. The first-order valence-electron chi connectivity index (χ1n) is 8.56. The topological polar surface area (TPSA) is 87.0 Å². The van der Waals surface area contributed by atoms with Crippen LogP contribution in [0.25, 0.3) is 12.2 Å². The number of benzene rings is 2. The minimum absolute atomic E-state index is 0.0604.